The predicted octanol–water partition coefficient (Wildman–Crippen LogP) is 0.247. The van der Waals surface area contributed by atoms with Gasteiger partial charge in [0.1, 0.15) is 0 Å². The molecule has 4 nitrogen and oxygen atoms in total. The highest BCUT2D eigenvalue weighted by Gasteiger charge is 2.26. The topological polar surface area (TPSA) is 47.7 Å². The lowest BCUT2D eigenvalue weighted by atomic mass is 10.1. The lowest BCUT2D eigenvalue weighted by Gasteiger charge is -2.39. The third-order valence-electron chi connectivity index (χ3n) is 3.14. The van der Waals surface area contributed by atoms with Crippen molar-refractivity contribution < 1.29 is 9.47 Å². The molecule has 0 radical (unpaired) electrons. The van der Waals surface area contributed by atoms with Gasteiger partial charge in [0.15, 0.2) is 0 Å². The molecule has 1 unspecified atom stereocenters. The molecule has 2 heterocycles. The van der Waals surface area contributed by atoms with Gasteiger partial charge in [0, 0.05) is 38.9 Å². The fraction of sp³-hybridized carbons (Fsp3) is 1.00. The van der Waals surface area contributed by atoms with Gasteiger partial charge in [0.05, 0.1) is 12.7 Å². The van der Waals surface area contributed by atoms with Gasteiger partial charge in [-0.2, -0.15) is 0 Å². The summed E-state index contributed by atoms with van der Waals surface area (Å²) < 4.78 is 10.9. The second kappa shape index (κ2) is 6.66. The van der Waals surface area contributed by atoms with Crippen molar-refractivity contribution in [2.24, 2.45) is 5.73 Å². The standard InChI is InChI=1S/C10H20N2O2.ClH/c11-7-10-8-12(3-6-14-10)9-1-4-13-5-2-9;/h9-10H,1-8,11H2;1H. The van der Waals surface area contributed by atoms with E-state index < -0.39 is 0 Å². The fourth-order valence-corrected chi connectivity index (χ4v) is 2.27. The van der Waals surface area contributed by atoms with Gasteiger partial charge in [0.25, 0.3) is 0 Å². The van der Waals surface area contributed by atoms with Crippen molar-refractivity contribution in [2.75, 3.05) is 39.5 Å². The summed E-state index contributed by atoms with van der Waals surface area (Å²) in [6.07, 6.45) is 2.57. The summed E-state index contributed by atoms with van der Waals surface area (Å²) in [7, 11) is 0. The molecule has 2 fully saturated rings. The number of ether oxygens (including phenoxy) is 2. The Bertz CT molecular complexity index is 177. The Morgan fingerprint density at radius 1 is 1.20 bits per heavy atom. The Kier molecular flexibility index (Phi) is 5.86. The van der Waals surface area contributed by atoms with Gasteiger partial charge in [-0.1, -0.05) is 0 Å². The van der Waals surface area contributed by atoms with E-state index in [2.05, 4.69) is 4.90 Å². The first-order valence-electron chi connectivity index (χ1n) is 5.53. The Morgan fingerprint density at radius 2 is 1.93 bits per heavy atom. The molecule has 0 amide bonds. The summed E-state index contributed by atoms with van der Waals surface area (Å²) in [5.41, 5.74) is 5.62. The molecule has 1 atom stereocenters. The van der Waals surface area contributed by atoms with Crippen LogP contribution in [-0.4, -0.2) is 56.5 Å². The predicted molar refractivity (Wildman–Crippen MR) is 61.5 cm³/mol. The molecule has 2 saturated heterocycles. The Balaban J connectivity index is 0.00000112. The van der Waals surface area contributed by atoms with Crippen LogP contribution in [0.4, 0.5) is 0 Å². The normalized spacial score (nSPS) is 29.8. The van der Waals surface area contributed by atoms with Gasteiger partial charge < -0.3 is 15.2 Å². The maximum Gasteiger partial charge on any atom is 0.0824 e. The number of nitrogens with two attached hydrogens (primary N) is 1. The number of hydrogen-bond donors (Lipinski definition) is 1. The first kappa shape index (κ1) is 13.2. The molecule has 0 bridgehead atoms. The molecule has 15 heavy (non-hydrogen) atoms. The minimum atomic E-state index is 0. The zero-order valence-corrected chi connectivity index (χ0v) is 9.88. The van der Waals surface area contributed by atoms with E-state index >= 15 is 0 Å². The first-order valence-corrected chi connectivity index (χ1v) is 5.53. The van der Waals surface area contributed by atoms with Crippen molar-refractivity contribution in [1.82, 2.24) is 4.90 Å². The fourth-order valence-electron chi connectivity index (χ4n) is 2.27. The van der Waals surface area contributed by atoms with E-state index in [4.69, 9.17) is 15.2 Å². The van der Waals surface area contributed by atoms with Crippen LogP contribution < -0.4 is 5.73 Å². The molecule has 2 rings (SSSR count). The Labute approximate surface area is 97.5 Å². The molecule has 0 spiro atoms. The highest BCUT2D eigenvalue weighted by molar-refractivity contribution is 5.85. The zero-order valence-electron chi connectivity index (χ0n) is 9.06. The molecule has 5 heteroatoms. The summed E-state index contributed by atoms with van der Waals surface area (Å²) in [5, 5.41) is 0. The van der Waals surface area contributed by atoms with Gasteiger partial charge in [0.2, 0.25) is 0 Å². The minimum Gasteiger partial charge on any atom is -0.381 e. The van der Waals surface area contributed by atoms with Crippen LogP contribution in [0.2, 0.25) is 0 Å². The molecule has 0 aromatic rings. The second-order valence-electron chi connectivity index (χ2n) is 4.07. The lowest BCUT2D eigenvalue weighted by molar-refractivity contribution is -0.0578. The van der Waals surface area contributed by atoms with Gasteiger partial charge >= 0.3 is 0 Å². The van der Waals surface area contributed by atoms with Crippen molar-refractivity contribution in [3.05, 3.63) is 0 Å². The summed E-state index contributed by atoms with van der Waals surface area (Å²) in [5.74, 6) is 0. The molecule has 0 aromatic heterocycles. The smallest absolute Gasteiger partial charge is 0.0824 e. The minimum absolute atomic E-state index is 0. The van der Waals surface area contributed by atoms with Gasteiger partial charge in [-0.3, -0.25) is 4.90 Å². The summed E-state index contributed by atoms with van der Waals surface area (Å²) in [6, 6.07) is 0.696. The van der Waals surface area contributed by atoms with Crippen molar-refractivity contribution in [3.8, 4) is 0 Å². The van der Waals surface area contributed by atoms with E-state index in [-0.39, 0.29) is 18.5 Å². The van der Waals surface area contributed by atoms with Crippen LogP contribution in [0.25, 0.3) is 0 Å². The van der Waals surface area contributed by atoms with E-state index in [1.807, 2.05) is 0 Å². The molecule has 0 aromatic carbocycles. The van der Waals surface area contributed by atoms with E-state index in [9.17, 15) is 0 Å². The number of hydrogen-bond acceptors (Lipinski definition) is 4. The van der Waals surface area contributed by atoms with E-state index in [1.54, 1.807) is 0 Å². The largest absolute Gasteiger partial charge is 0.381 e. The summed E-state index contributed by atoms with van der Waals surface area (Å²) >= 11 is 0. The third-order valence-corrected chi connectivity index (χ3v) is 3.14. The zero-order chi connectivity index (χ0) is 9.80. The van der Waals surface area contributed by atoms with Crippen LogP contribution in [0.5, 0.6) is 0 Å². The van der Waals surface area contributed by atoms with Crippen LogP contribution in [0.1, 0.15) is 12.8 Å². The summed E-state index contributed by atoms with van der Waals surface area (Å²) in [4.78, 5) is 2.52. The quantitative estimate of drug-likeness (QED) is 0.747. The molecular weight excluding hydrogens is 216 g/mol. The maximum atomic E-state index is 5.62. The summed E-state index contributed by atoms with van der Waals surface area (Å²) in [6.45, 7) is 5.35. The first-order chi connectivity index (χ1) is 6.90. The SMILES string of the molecule is Cl.NCC1CN(C2CCOCC2)CCO1. The monoisotopic (exact) mass is 236 g/mol. The second-order valence-corrected chi connectivity index (χ2v) is 4.07. The third kappa shape index (κ3) is 3.57. The molecular formula is C10H21ClN2O2. The average Bonchev–Trinajstić information content (AvgIpc) is 2.30. The molecule has 2 aliphatic heterocycles. The average molecular weight is 237 g/mol. The van der Waals surface area contributed by atoms with Crippen molar-refractivity contribution in [1.29, 1.82) is 0 Å². The number of rotatable bonds is 2. The van der Waals surface area contributed by atoms with Crippen LogP contribution in [0.15, 0.2) is 0 Å². The number of halogens is 1. The maximum absolute atomic E-state index is 5.62. The number of nitrogens with zero attached hydrogens (tertiary/aromatic N) is 1. The van der Waals surface area contributed by atoms with Gasteiger partial charge in [-0.25, -0.2) is 0 Å². The molecule has 0 saturated carbocycles. The molecule has 90 valence electrons. The Hall–Kier alpha value is 0.130. The van der Waals surface area contributed by atoms with Crippen molar-refractivity contribution in [3.63, 3.8) is 0 Å². The van der Waals surface area contributed by atoms with E-state index in [1.165, 1.54) is 0 Å². The Morgan fingerprint density at radius 3 is 2.60 bits per heavy atom. The highest BCUT2D eigenvalue weighted by atomic mass is 35.5. The molecule has 0 aliphatic carbocycles. The van der Waals surface area contributed by atoms with Crippen molar-refractivity contribution >= 4 is 12.4 Å². The molecule has 2 N–H and O–H groups in total. The van der Waals surface area contributed by atoms with E-state index in [0.29, 0.717) is 12.6 Å². The highest BCUT2D eigenvalue weighted by Crippen LogP contribution is 2.17. The van der Waals surface area contributed by atoms with Crippen LogP contribution in [0.3, 0.4) is 0 Å². The van der Waals surface area contributed by atoms with Gasteiger partial charge in [-0.05, 0) is 12.8 Å². The number of morpholine rings is 1. The van der Waals surface area contributed by atoms with Crippen LogP contribution >= 0.6 is 12.4 Å². The van der Waals surface area contributed by atoms with Gasteiger partial charge in [-0.15, -0.1) is 12.4 Å². The lowest BCUT2D eigenvalue weighted by Crippen LogP contribution is -2.51. The van der Waals surface area contributed by atoms with E-state index in [0.717, 1.165) is 45.8 Å². The van der Waals surface area contributed by atoms with Crippen molar-refractivity contribution in [2.45, 2.75) is 25.0 Å². The van der Waals surface area contributed by atoms with Crippen LogP contribution in [-0.2, 0) is 9.47 Å². The molecule has 2 aliphatic rings. The van der Waals surface area contributed by atoms with Crippen LogP contribution in [0, 0.1) is 0 Å².